The van der Waals surface area contributed by atoms with Crippen LogP contribution in [0.5, 0.6) is 0 Å². The third-order valence-electron chi connectivity index (χ3n) is 3.61. The molecular formula is C15H22N2O2S. The second-order valence-electron chi connectivity index (χ2n) is 5.31. The Hall–Kier alpha value is -1.33. The average molecular weight is 294 g/mol. The van der Waals surface area contributed by atoms with Crippen LogP contribution in [-0.2, 0) is 22.9 Å². The Morgan fingerprint density at radius 1 is 1.25 bits per heavy atom. The Morgan fingerprint density at radius 2 is 2.00 bits per heavy atom. The highest BCUT2D eigenvalue weighted by atomic mass is 32.2. The standard InChI is InChI=1S/C15H22N2O2S/c1-12(2)20(18,19)10-9-17-8-7-14-13(11-16-3)5-4-6-15(14)17/h4-8,12,16H,9-11H2,1-3H3. The van der Waals surface area contributed by atoms with Gasteiger partial charge in [-0.3, -0.25) is 0 Å². The molecule has 0 aliphatic rings. The third kappa shape index (κ3) is 3.04. The van der Waals surface area contributed by atoms with Crippen molar-refractivity contribution in [2.45, 2.75) is 32.2 Å². The van der Waals surface area contributed by atoms with Crippen LogP contribution < -0.4 is 5.32 Å². The minimum atomic E-state index is -3.00. The average Bonchev–Trinajstić information content (AvgIpc) is 2.81. The predicted molar refractivity (Wildman–Crippen MR) is 83.6 cm³/mol. The van der Waals surface area contributed by atoms with E-state index in [0.29, 0.717) is 6.54 Å². The molecule has 20 heavy (non-hydrogen) atoms. The van der Waals surface area contributed by atoms with E-state index >= 15 is 0 Å². The molecule has 110 valence electrons. The lowest BCUT2D eigenvalue weighted by Gasteiger charge is -2.10. The summed E-state index contributed by atoms with van der Waals surface area (Å²) in [5.74, 6) is 0.185. The van der Waals surface area contributed by atoms with Gasteiger partial charge in [-0.05, 0) is 38.6 Å². The Bertz CT molecular complexity index is 687. The van der Waals surface area contributed by atoms with E-state index < -0.39 is 9.84 Å². The first kappa shape index (κ1) is 15.1. The van der Waals surface area contributed by atoms with Crippen LogP contribution >= 0.6 is 0 Å². The van der Waals surface area contributed by atoms with Crippen molar-refractivity contribution in [2.24, 2.45) is 0 Å². The molecule has 2 aromatic rings. The van der Waals surface area contributed by atoms with Gasteiger partial charge in [0, 0.05) is 30.2 Å². The van der Waals surface area contributed by atoms with E-state index in [1.807, 2.05) is 29.9 Å². The minimum Gasteiger partial charge on any atom is -0.346 e. The van der Waals surface area contributed by atoms with Gasteiger partial charge >= 0.3 is 0 Å². The Kier molecular flexibility index (Phi) is 4.50. The summed E-state index contributed by atoms with van der Waals surface area (Å²) in [6.07, 6.45) is 1.97. The maximum atomic E-state index is 11.9. The number of aromatic nitrogens is 1. The van der Waals surface area contributed by atoms with Crippen molar-refractivity contribution in [1.29, 1.82) is 0 Å². The number of sulfone groups is 1. The Balaban J connectivity index is 2.26. The molecule has 0 atom stereocenters. The summed E-state index contributed by atoms with van der Waals surface area (Å²) in [4.78, 5) is 0. The van der Waals surface area contributed by atoms with Crippen LogP contribution in [0.3, 0.4) is 0 Å². The quantitative estimate of drug-likeness (QED) is 0.888. The van der Waals surface area contributed by atoms with Crippen molar-refractivity contribution < 1.29 is 8.42 Å². The van der Waals surface area contributed by atoms with E-state index in [2.05, 4.69) is 17.4 Å². The molecule has 2 rings (SSSR count). The molecule has 0 saturated heterocycles. The largest absolute Gasteiger partial charge is 0.346 e. The molecule has 1 aromatic carbocycles. The zero-order valence-corrected chi connectivity index (χ0v) is 13.1. The van der Waals surface area contributed by atoms with Crippen LogP contribution in [-0.4, -0.2) is 31.0 Å². The SMILES string of the molecule is CNCc1cccc2c1ccn2CCS(=O)(=O)C(C)C. The number of nitrogens with one attached hydrogen (secondary N) is 1. The van der Waals surface area contributed by atoms with E-state index in [-0.39, 0.29) is 11.0 Å². The molecule has 1 N–H and O–H groups in total. The van der Waals surface area contributed by atoms with Crippen molar-refractivity contribution >= 4 is 20.7 Å². The Morgan fingerprint density at radius 3 is 2.65 bits per heavy atom. The van der Waals surface area contributed by atoms with Gasteiger partial charge in [0.15, 0.2) is 9.84 Å². The molecule has 0 aliphatic heterocycles. The van der Waals surface area contributed by atoms with Crippen molar-refractivity contribution in [3.05, 3.63) is 36.0 Å². The number of benzene rings is 1. The van der Waals surface area contributed by atoms with Gasteiger partial charge in [0.25, 0.3) is 0 Å². The second kappa shape index (κ2) is 5.97. The fraction of sp³-hybridized carbons (Fsp3) is 0.467. The molecule has 0 radical (unpaired) electrons. The van der Waals surface area contributed by atoms with Crippen molar-refractivity contribution in [3.63, 3.8) is 0 Å². The van der Waals surface area contributed by atoms with E-state index in [0.717, 1.165) is 12.1 Å². The van der Waals surface area contributed by atoms with Gasteiger partial charge in [0.05, 0.1) is 11.0 Å². The van der Waals surface area contributed by atoms with Crippen LogP contribution in [0.1, 0.15) is 19.4 Å². The van der Waals surface area contributed by atoms with Gasteiger partial charge in [-0.25, -0.2) is 8.42 Å². The molecule has 0 aliphatic carbocycles. The highest BCUT2D eigenvalue weighted by Gasteiger charge is 2.16. The summed E-state index contributed by atoms with van der Waals surface area (Å²) in [6, 6.07) is 8.21. The van der Waals surface area contributed by atoms with Crippen molar-refractivity contribution in [2.75, 3.05) is 12.8 Å². The van der Waals surface area contributed by atoms with E-state index in [1.54, 1.807) is 13.8 Å². The molecule has 0 bridgehead atoms. The van der Waals surface area contributed by atoms with Gasteiger partial charge < -0.3 is 9.88 Å². The molecule has 1 aromatic heterocycles. The maximum Gasteiger partial charge on any atom is 0.154 e. The summed E-state index contributed by atoms with van der Waals surface area (Å²) < 4.78 is 25.8. The molecule has 0 unspecified atom stereocenters. The summed E-state index contributed by atoms with van der Waals surface area (Å²) in [5.41, 5.74) is 2.33. The molecule has 1 heterocycles. The molecule has 5 heteroatoms. The fourth-order valence-corrected chi connectivity index (χ4v) is 3.21. The van der Waals surface area contributed by atoms with Crippen molar-refractivity contribution in [3.8, 4) is 0 Å². The van der Waals surface area contributed by atoms with Crippen LogP contribution in [0.15, 0.2) is 30.5 Å². The molecule has 0 spiro atoms. The topological polar surface area (TPSA) is 51.1 Å². The lowest BCUT2D eigenvalue weighted by Crippen LogP contribution is -2.20. The van der Waals surface area contributed by atoms with Crippen molar-refractivity contribution in [1.82, 2.24) is 9.88 Å². The number of nitrogens with zero attached hydrogens (tertiary/aromatic N) is 1. The van der Waals surface area contributed by atoms with E-state index in [4.69, 9.17) is 0 Å². The monoisotopic (exact) mass is 294 g/mol. The predicted octanol–water partition coefficient (Wildman–Crippen LogP) is 2.18. The zero-order valence-electron chi connectivity index (χ0n) is 12.3. The van der Waals surface area contributed by atoms with Gasteiger partial charge in [-0.15, -0.1) is 0 Å². The normalized spacial score (nSPS) is 12.4. The lowest BCUT2D eigenvalue weighted by atomic mass is 10.1. The first-order valence-electron chi connectivity index (χ1n) is 6.88. The summed E-state index contributed by atoms with van der Waals surface area (Å²) in [6.45, 7) is 4.78. The van der Waals surface area contributed by atoms with Gasteiger partial charge in [-0.1, -0.05) is 12.1 Å². The van der Waals surface area contributed by atoms with Crippen LogP contribution in [0.25, 0.3) is 10.9 Å². The summed E-state index contributed by atoms with van der Waals surface area (Å²) in [5, 5.41) is 4.02. The first-order valence-corrected chi connectivity index (χ1v) is 8.60. The number of aryl methyl sites for hydroxylation is 1. The Labute approximate surface area is 120 Å². The number of fused-ring (bicyclic) bond motifs is 1. The van der Waals surface area contributed by atoms with Crippen LogP contribution in [0.4, 0.5) is 0 Å². The number of hydrogen-bond acceptors (Lipinski definition) is 3. The van der Waals surface area contributed by atoms with Crippen LogP contribution in [0.2, 0.25) is 0 Å². The fourth-order valence-electron chi connectivity index (χ4n) is 2.29. The minimum absolute atomic E-state index is 0.185. The first-order chi connectivity index (χ1) is 9.45. The van der Waals surface area contributed by atoms with E-state index in [9.17, 15) is 8.42 Å². The summed E-state index contributed by atoms with van der Waals surface area (Å²) in [7, 11) is -1.07. The van der Waals surface area contributed by atoms with E-state index in [1.165, 1.54) is 10.9 Å². The summed E-state index contributed by atoms with van der Waals surface area (Å²) >= 11 is 0. The zero-order chi connectivity index (χ0) is 14.8. The molecule has 4 nitrogen and oxygen atoms in total. The molecule has 0 amide bonds. The maximum absolute atomic E-state index is 11.9. The number of rotatable bonds is 6. The molecule has 0 saturated carbocycles. The van der Waals surface area contributed by atoms with Gasteiger partial charge in [-0.2, -0.15) is 0 Å². The van der Waals surface area contributed by atoms with Gasteiger partial charge in [0.2, 0.25) is 0 Å². The smallest absolute Gasteiger partial charge is 0.154 e. The highest BCUT2D eigenvalue weighted by molar-refractivity contribution is 7.91. The highest BCUT2D eigenvalue weighted by Crippen LogP contribution is 2.20. The van der Waals surface area contributed by atoms with Crippen LogP contribution in [0, 0.1) is 0 Å². The third-order valence-corrected chi connectivity index (χ3v) is 5.79. The number of hydrogen-bond donors (Lipinski definition) is 1. The molecular weight excluding hydrogens is 272 g/mol. The molecule has 0 fully saturated rings. The second-order valence-corrected chi connectivity index (χ2v) is 7.98. The lowest BCUT2D eigenvalue weighted by molar-refractivity contribution is 0.581. The van der Waals surface area contributed by atoms with Gasteiger partial charge in [0.1, 0.15) is 0 Å².